The third kappa shape index (κ3) is 3.73. The van der Waals surface area contributed by atoms with Gasteiger partial charge in [-0.3, -0.25) is 9.59 Å². The Morgan fingerprint density at radius 2 is 1.94 bits per heavy atom. The average molecular weight is 486 g/mol. The maximum atomic E-state index is 14.0. The van der Waals surface area contributed by atoms with Crippen LogP contribution in [0.3, 0.4) is 0 Å². The van der Waals surface area contributed by atoms with Gasteiger partial charge in [0.05, 0.1) is 22.5 Å². The fourth-order valence-corrected chi connectivity index (χ4v) is 6.92. The number of carbonyl (C=O) groups is 2. The maximum Gasteiger partial charge on any atom is 0.274 e. The van der Waals surface area contributed by atoms with Crippen molar-refractivity contribution < 1.29 is 14.3 Å². The van der Waals surface area contributed by atoms with Gasteiger partial charge >= 0.3 is 0 Å². The molecule has 2 amide bonds. The van der Waals surface area contributed by atoms with Crippen molar-refractivity contribution in [3.8, 4) is 16.2 Å². The topological polar surface area (TPSA) is 71.5 Å². The van der Waals surface area contributed by atoms with Crippen LogP contribution >= 0.6 is 11.3 Å². The molecule has 0 spiro atoms. The Hall–Kier alpha value is -3.19. The summed E-state index contributed by atoms with van der Waals surface area (Å²) in [7, 11) is 0. The molecule has 35 heavy (non-hydrogen) atoms. The summed E-state index contributed by atoms with van der Waals surface area (Å²) in [6.45, 7) is 1.08. The zero-order chi connectivity index (χ0) is 23.5. The Morgan fingerprint density at radius 1 is 1.09 bits per heavy atom. The second-order valence-electron chi connectivity index (χ2n) is 10.1. The third-order valence-electron chi connectivity index (χ3n) is 7.74. The van der Waals surface area contributed by atoms with E-state index in [1.54, 1.807) is 11.3 Å². The molecule has 2 aliphatic carbocycles. The largest absolute Gasteiger partial charge is 0.493 e. The number of rotatable bonds is 6. The summed E-state index contributed by atoms with van der Waals surface area (Å²) in [5.74, 6) is 1.78. The number of nitrogens with zero attached hydrogens (tertiary/aromatic N) is 2. The molecule has 1 aromatic heterocycles. The van der Waals surface area contributed by atoms with Crippen LogP contribution in [-0.2, 0) is 6.42 Å². The summed E-state index contributed by atoms with van der Waals surface area (Å²) < 4.78 is 5.62. The number of likely N-dealkylation sites (tertiary alicyclic amines) is 1. The molecule has 7 rings (SSSR count). The van der Waals surface area contributed by atoms with Gasteiger partial charge in [0.1, 0.15) is 11.4 Å². The van der Waals surface area contributed by atoms with Gasteiger partial charge in [0, 0.05) is 36.1 Å². The van der Waals surface area contributed by atoms with Crippen molar-refractivity contribution in [3.63, 3.8) is 0 Å². The van der Waals surface area contributed by atoms with Crippen LogP contribution in [0.25, 0.3) is 10.4 Å². The van der Waals surface area contributed by atoms with Gasteiger partial charge in [0.2, 0.25) is 0 Å². The van der Waals surface area contributed by atoms with Crippen molar-refractivity contribution in [1.29, 1.82) is 0 Å². The Balaban J connectivity index is 1.13. The molecule has 3 atom stereocenters. The van der Waals surface area contributed by atoms with Crippen molar-refractivity contribution in [1.82, 2.24) is 15.2 Å². The van der Waals surface area contributed by atoms with Crippen LogP contribution in [-0.4, -0.2) is 46.9 Å². The molecule has 2 aliphatic heterocycles. The number of piperidine rings is 1. The van der Waals surface area contributed by atoms with E-state index in [1.807, 2.05) is 41.3 Å². The van der Waals surface area contributed by atoms with Crippen LogP contribution in [0.1, 0.15) is 63.0 Å². The minimum atomic E-state index is -0.0880. The Kier molecular flexibility index (Phi) is 4.94. The minimum absolute atomic E-state index is 0.00194. The molecule has 1 saturated heterocycles. The van der Waals surface area contributed by atoms with E-state index in [9.17, 15) is 9.59 Å². The van der Waals surface area contributed by atoms with Crippen LogP contribution in [0.5, 0.6) is 5.75 Å². The molecule has 0 unspecified atom stereocenters. The quantitative estimate of drug-likeness (QED) is 0.552. The number of benzene rings is 2. The van der Waals surface area contributed by atoms with Gasteiger partial charge in [-0.05, 0) is 49.3 Å². The van der Waals surface area contributed by atoms with Crippen molar-refractivity contribution >= 4 is 23.2 Å². The lowest BCUT2D eigenvalue weighted by atomic mass is 10.0. The number of aromatic nitrogens is 1. The minimum Gasteiger partial charge on any atom is -0.493 e. The summed E-state index contributed by atoms with van der Waals surface area (Å²) in [6.07, 6.45) is 5.07. The van der Waals surface area contributed by atoms with Crippen LogP contribution in [0.2, 0.25) is 0 Å². The Morgan fingerprint density at radius 3 is 2.77 bits per heavy atom. The highest BCUT2D eigenvalue weighted by Gasteiger charge is 2.54. The molecular formula is C28H27N3O3S. The van der Waals surface area contributed by atoms with E-state index in [-0.39, 0.29) is 23.9 Å². The molecule has 3 aromatic rings. The zero-order valence-corrected chi connectivity index (χ0v) is 20.2. The van der Waals surface area contributed by atoms with Gasteiger partial charge in [0.15, 0.2) is 0 Å². The van der Waals surface area contributed by atoms with Gasteiger partial charge in [-0.25, -0.2) is 4.98 Å². The summed E-state index contributed by atoms with van der Waals surface area (Å²) >= 11 is 1.67. The van der Waals surface area contributed by atoms with E-state index < -0.39 is 0 Å². The van der Waals surface area contributed by atoms with Crippen molar-refractivity contribution in [2.24, 2.45) is 5.92 Å². The van der Waals surface area contributed by atoms with Crippen LogP contribution in [0.15, 0.2) is 48.5 Å². The molecule has 4 aliphatic rings. The van der Waals surface area contributed by atoms with Gasteiger partial charge in [-0.2, -0.15) is 0 Å². The van der Waals surface area contributed by atoms with E-state index in [2.05, 4.69) is 17.4 Å². The lowest BCUT2D eigenvalue weighted by Gasteiger charge is -2.27. The average Bonchev–Trinajstić information content (AvgIpc) is 3.73. The van der Waals surface area contributed by atoms with E-state index in [0.717, 1.165) is 58.9 Å². The smallest absolute Gasteiger partial charge is 0.274 e. The summed E-state index contributed by atoms with van der Waals surface area (Å²) in [5, 5.41) is 4.21. The van der Waals surface area contributed by atoms with E-state index >= 15 is 0 Å². The lowest BCUT2D eigenvalue weighted by Crippen LogP contribution is -2.45. The van der Waals surface area contributed by atoms with E-state index in [1.165, 1.54) is 0 Å². The first-order chi connectivity index (χ1) is 17.2. The van der Waals surface area contributed by atoms with Crippen molar-refractivity contribution in [3.05, 3.63) is 70.4 Å². The second kappa shape index (κ2) is 8.19. The number of fused-ring (bicyclic) bond motifs is 2. The molecule has 3 heterocycles. The summed E-state index contributed by atoms with van der Waals surface area (Å²) in [4.78, 5) is 34.9. The first-order valence-corrected chi connectivity index (χ1v) is 13.4. The van der Waals surface area contributed by atoms with Crippen LogP contribution in [0.4, 0.5) is 0 Å². The van der Waals surface area contributed by atoms with Gasteiger partial charge in [-0.1, -0.05) is 36.4 Å². The van der Waals surface area contributed by atoms with Gasteiger partial charge < -0.3 is 15.0 Å². The SMILES string of the molecule is O=C(NC[C@@H]1C[C@@H]2C[C@@H]2N1C(=O)c1nc(C2CC2)sc1-c1ccccc1)c1cccc2c1CCO2. The number of hydrogen-bond acceptors (Lipinski definition) is 5. The number of hydrogen-bond donors (Lipinski definition) is 1. The predicted molar refractivity (Wildman–Crippen MR) is 134 cm³/mol. The predicted octanol–water partition coefficient (Wildman–Crippen LogP) is 4.66. The number of carbonyl (C=O) groups excluding carboxylic acids is 2. The fourth-order valence-electron chi connectivity index (χ4n) is 5.69. The molecule has 0 radical (unpaired) electrons. The lowest BCUT2D eigenvalue weighted by molar-refractivity contribution is 0.0684. The highest BCUT2D eigenvalue weighted by molar-refractivity contribution is 7.15. The normalized spacial score (nSPS) is 24.0. The number of ether oxygens (including phenoxy) is 1. The zero-order valence-electron chi connectivity index (χ0n) is 19.4. The number of nitrogens with one attached hydrogen (secondary N) is 1. The summed E-state index contributed by atoms with van der Waals surface area (Å²) in [5.41, 5.74) is 3.30. The number of amides is 2. The van der Waals surface area contributed by atoms with Crippen LogP contribution in [0, 0.1) is 5.92 Å². The molecule has 1 N–H and O–H groups in total. The molecule has 178 valence electrons. The first kappa shape index (κ1) is 21.1. The molecule has 2 aromatic carbocycles. The highest BCUT2D eigenvalue weighted by Crippen LogP contribution is 2.50. The molecule has 0 bridgehead atoms. The standard InChI is InChI=1S/C28H27N3O3S/c32-26(21-7-4-8-23-20(21)11-12-34-23)29-15-19-13-18-14-22(18)31(19)28(33)24-25(16-5-2-1-3-6-16)35-27(30-24)17-9-10-17/h1-8,17-19,22H,9-15H2,(H,29,32)/t18-,19+,22+/m1/s1. The molecule has 3 fully saturated rings. The van der Waals surface area contributed by atoms with Gasteiger partial charge in [-0.15, -0.1) is 11.3 Å². The van der Waals surface area contributed by atoms with E-state index in [4.69, 9.17) is 9.72 Å². The Labute approximate surface area is 208 Å². The van der Waals surface area contributed by atoms with Crippen LogP contribution < -0.4 is 10.1 Å². The summed E-state index contributed by atoms with van der Waals surface area (Å²) in [6, 6.07) is 16.0. The molecule has 6 nitrogen and oxygen atoms in total. The monoisotopic (exact) mass is 485 g/mol. The van der Waals surface area contributed by atoms with Crippen molar-refractivity contribution in [2.75, 3.05) is 13.2 Å². The maximum absolute atomic E-state index is 14.0. The molecular weight excluding hydrogens is 458 g/mol. The van der Waals surface area contributed by atoms with Crippen molar-refractivity contribution in [2.45, 2.75) is 50.1 Å². The van der Waals surface area contributed by atoms with E-state index in [0.29, 0.717) is 36.2 Å². The highest BCUT2D eigenvalue weighted by atomic mass is 32.1. The van der Waals surface area contributed by atoms with Gasteiger partial charge in [0.25, 0.3) is 11.8 Å². The first-order valence-electron chi connectivity index (χ1n) is 12.6. The molecule has 7 heteroatoms. The second-order valence-corrected chi connectivity index (χ2v) is 11.2. The third-order valence-corrected chi connectivity index (χ3v) is 9.01. The number of thiazole rings is 1. The Bertz CT molecular complexity index is 1320. The fraction of sp³-hybridized carbons (Fsp3) is 0.393. The molecule has 2 saturated carbocycles.